The second-order valence-corrected chi connectivity index (χ2v) is 5.13. The molecule has 2 heteroatoms. The van der Waals surface area contributed by atoms with Crippen molar-refractivity contribution in [1.29, 1.82) is 0 Å². The quantitative estimate of drug-likeness (QED) is 0.802. The number of likely N-dealkylation sites (tertiary alicyclic amines) is 1. The van der Waals surface area contributed by atoms with Gasteiger partial charge in [0.25, 0.3) is 0 Å². The van der Waals surface area contributed by atoms with E-state index in [0.717, 1.165) is 6.54 Å². The lowest BCUT2D eigenvalue weighted by Gasteiger charge is -2.15. The Balaban J connectivity index is 2.01. The van der Waals surface area contributed by atoms with Crippen molar-refractivity contribution >= 4 is 5.91 Å². The summed E-state index contributed by atoms with van der Waals surface area (Å²) < 4.78 is 0. The summed E-state index contributed by atoms with van der Waals surface area (Å²) in [6, 6.07) is 18.8. The topological polar surface area (TPSA) is 20.3 Å². The molecular weight excluding hydrogens is 234 g/mol. The van der Waals surface area contributed by atoms with Gasteiger partial charge in [0.1, 0.15) is 0 Å². The van der Waals surface area contributed by atoms with Crippen LogP contribution >= 0.6 is 0 Å². The monoisotopic (exact) mass is 251 g/mol. The number of likely N-dealkylation sites (N-methyl/N-ethyl adjacent to an activating group) is 1. The highest BCUT2D eigenvalue weighted by molar-refractivity contribution is 5.80. The maximum Gasteiger partial charge on any atom is 0.223 e. The summed E-state index contributed by atoms with van der Waals surface area (Å²) in [6.45, 7) is 0.822. The molecule has 0 saturated carbocycles. The van der Waals surface area contributed by atoms with E-state index in [4.69, 9.17) is 0 Å². The summed E-state index contributed by atoms with van der Waals surface area (Å²) in [6.07, 6.45) is 0.625. The molecule has 1 atom stereocenters. The third kappa shape index (κ3) is 2.26. The maximum absolute atomic E-state index is 11.7. The standard InChI is InChI=1S/C17H17NO/c1-18-12-14(11-17(18)19)16-10-6-5-9-15(16)13-7-3-2-4-8-13/h2-10,14H,11-12H2,1H3. The number of amides is 1. The maximum atomic E-state index is 11.7. The van der Waals surface area contributed by atoms with Crippen LogP contribution in [0, 0.1) is 0 Å². The van der Waals surface area contributed by atoms with E-state index >= 15 is 0 Å². The van der Waals surface area contributed by atoms with Gasteiger partial charge in [-0.05, 0) is 16.7 Å². The summed E-state index contributed by atoms with van der Waals surface area (Å²) in [5.74, 6) is 0.557. The zero-order chi connectivity index (χ0) is 13.2. The van der Waals surface area contributed by atoms with Crippen LogP contribution < -0.4 is 0 Å². The molecule has 19 heavy (non-hydrogen) atoms. The van der Waals surface area contributed by atoms with Gasteiger partial charge in [0.15, 0.2) is 0 Å². The van der Waals surface area contributed by atoms with Crippen LogP contribution in [0.1, 0.15) is 17.9 Å². The molecule has 2 nitrogen and oxygen atoms in total. The first-order valence-corrected chi connectivity index (χ1v) is 6.64. The molecular formula is C17H17NO. The van der Waals surface area contributed by atoms with Crippen molar-refractivity contribution in [1.82, 2.24) is 4.90 Å². The highest BCUT2D eigenvalue weighted by Gasteiger charge is 2.29. The number of benzene rings is 2. The van der Waals surface area contributed by atoms with E-state index < -0.39 is 0 Å². The lowest BCUT2D eigenvalue weighted by atomic mass is 9.90. The minimum absolute atomic E-state index is 0.243. The second kappa shape index (κ2) is 4.88. The van der Waals surface area contributed by atoms with E-state index in [1.807, 2.05) is 18.0 Å². The molecule has 0 spiro atoms. The molecule has 1 aliphatic heterocycles. The SMILES string of the molecule is CN1CC(c2ccccc2-c2ccccc2)CC1=O. The Morgan fingerprint density at radius 2 is 1.68 bits per heavy atom. The van der Waals surface area contributed by atoms with Crippen molar-refractivity contribution < 1.29 is 4.79 Å². The van der Waals surface area contributed by atoms with E-state index in [2.05, 4.69) is 48.5 Å². The number of carbonyl (C=O) groups excluding carboxylic acids is 1. The molecule has 3 rings (SSSR count). The predicted octanol–water partition coefficient (Wildman–Crippen LogP) is 3.30. The normalized spacial score (nSPS) is 18.9. The van der Waals surface area contributed by atoms with Gasteiger partial charge >= 0.3 is 0 Å². The van der Waals surface area contributed by atoms with Gasteiger partial charge in [-0.25, -0.2) is 0 Å². The van der Waals surface area contributed by atoms with Crippen molar-refractivity contribution in [3.05, 3.63) is 60.2 Å². The first kappa shape index (κ1) is 12.0. The summed E-state index contributed by atoms with van der Waals surface area (Å²) in [5.41, 5.74) is 3.75. The van der Waals surface area contributed by atoms with Gasteiger partial charge in [-0.1, -0.05) is 54.6 Å². The molecule has 1 heterocycles. The van der Waals surface area contributed by atoms with E-state index in [-0.39, 0.29) is 5.91 Å². The summed E-state index contributed by atoms with van der Waals surface area (Å²) in [5, 5.41) is 0. The lowest BCUT2D eigenvalue weighted by Crippen LogP contribution is -2.18. The Bertz CT molecular complexity index is 591. The zero-order valence-electron chi connectivity index (χ0n) is 11.0. The minimum Gasteiger partial charge on any atom is -0.345 e. The van der Waals surface area contributed by atoms with Gasteiger partial charge < -0.3 is 4.90 Å². The summed E-state index contributed by atoms with van der Waals surface area (Å²) in [7, 11) is 1.88. The Hall–Kier alpha value is -2.09. The number of hydrogen-bond acceptors (Lipinski definition) is 1. The highest BCUT2D eigenvalue weighted by atomic mass is 16.2. The van der Waals surface area contributed by atoms with E-state index in [1.54, 1.807) is 0 Å². The van der Waals surface area contributed by atoms with Gasteiger partial charge in [0, 0.05) is 25.9 Å². The first-order chi connectivity index (χ1) is 9.25. The molecule has 0 N–H and O–H groups in total. The Morgan fingerprint density at radius 1 is 1.00 bits per heavy atom. The van der Waals surface area contributed by atoms with Gasteiger partial charge in [-0.15, -0.1) is 0 Å². The van der Waals surface area contributed by atoms with Crippen LogP contribution in [-0.4, -0.2) is 24.4 Å². The molecule has 1 aliphatic rings. The van der Waals surface area contributed by atoms with E-state index in [0.29, 0.717) is 12.3 Å². The molecule has 0 bridgehead atoms. The van der Waals surface area contributed by atoms with Gasteiger partial charge in [-0.2, -0.15) is 0 Å². The molecule has 0 aromatic heterocycles. The third-order valence-electron chi connectivity index (χ3n) is 3.83. The van der Waals surface area contributed by atoms with Crippen LogP contribution in [0.5, 0.6) is 0 Å². The molecule has 1 saturated heterocycles. The molecule has 0 radical (unpaired) electrons. The van der Waals surface area contributed by atoms with Crippen LogP contribution in [0.15, 0.2) is 54.6 Å². The van der Waals surface area contributed by atoms with Crippen LogP contribution in [0.25, 0.3) is 11.1 Å². The first-order valence-electron chi connectivity index (χ1n) is 6.64. The van der Waals surface area contributed by atoms with Crippen molar-refractivity contribution in [3.8, 4) is 11.1 Å². The van der Waals surface area contributed by atoms with Crippen LogP contribution in [0.4, 0.5) is 0 Å². The largest absolute Gasteiger partial charge is 0.345 e. The fourth-order valence-corrected chi connectivity index (χ4v) is 2.81. The number of carbonyl (C=O) groups is 1. The average Bonchev–Trinajstić information content (AvgIpc) is 2.80. The fraction of sp³-hybridized carbons (Fsp3) is 0.235. The van der Waals surface area contributed by atoms with Crippen molar-refractivity contribution in [2.75, 3.05) is 13.6 Å². The number of rotatable bonds is 2. The van der Waals surface area contributed by atoms with Gasteiger partial charge in [-0.3, -0.25) is 4.79 Å². The second-order valence-electron chi connectivity index (χ2n) is 5.13. The average molecular weight is 251 g/mol. The summed E-state index contributed by atoms with van der Waals surface area (Å²) in [4.78, 5) is 13.6. The molecule has 0 aliphatic carbocycles. The minimum atomic E-state index is 0.243. The Morgan fingerprint density at radius 3 is 2.37 bits per heavy atom. The molecule has 1 amide bonds. The lowest BCUT2D eigenvalue weighted by molar-refractivity contribution is -0.126. The van der Waals surface area contributed by atoms with Gasteiger partial charge in [0.2, 0.25) is 5.91 Å². The zero-order valence-corrected chi connectivity index (χ0v) is 11.0. The number of hydrogen-bond donors (Lipinski definition) is 0. The van der Waals surface area contributed by atoms with Crippen LogP contribution in [0.2, 0.25) is 0 Å². The smallest absolute Gasteiger partial charge is 0.223 e. The Kier molecular flexibility index (Phi) is 3.08. The van der Waals surface area contributed by atoms with Crippen LogP contribution in [0.3, 0.4) is 0 Å². The van der Waals surface area contributed by atoms with Gasteiger partial charge in [0.05, 0.1) is 0 Å². The molecule has 2 aromatic rings. The molecule has 2 aromatic carbocycles. The van der Waals surface area contributed by atoms with E-state index in [1.165, 1.54) is 16.7 Å². The fourth-order valence-electron chi connectivity index (χ4n) is 2.81. The summed E-state index contributed by atoms with van der Waals surface area (Å²) >= 11 is 0. The molecule has 1 unspecified atom stereocenters. The highest BCUT2D eigenvalue weighted by Crippen LogP contribution is 2.34. The Labute approximate surface area is 113 Å². The van der Waals surface area contributed by atoms with Crippen LogP contribution in [-0.2, 0) is 4.79 Å². The van der Waals surface area contributed by atoms with Crippen molar-refractivity contribution in [2.24, 2.45) is 0 Å². The van der Waals surface area contributed by atoms with Crippen molar-refractivity contribution in [2.45, 2.75) is 12.3 Å². The third-order valence-corrected chi connectivity index (χ3v) is 3.83. The van der Waals surface area contributed by atoms with Crippen molar-refractivity contribution in [3.63, 3.8) is 0 Å². The number of nitrogens with zero attached hydrogens (tertiary/aromatic N) is 1. The predicted molar refractivity (Wildman–Crippen MR) is 76.9 cm³/mol. The van der Waals surface area contributed by atoms with E-state index in [9.17, 15) is 4.79 Å². The molecule has 1 fully saturated rings. The molecule has 96 valence electrons.